The molecule has 0 saturated carbocycles. The molecule has 1 aromatic carbocycles. The van der Waals surface area contributed by atoms with Crippen molar-refractivity contribution in [2.24, 2.45) is 5.92 Å². The van der Waals surface area contributed by atoms with Crippen LogP contribution in [0.3, 0.4) is 0 Å². The lowest BCUT2D eigenvalue weighted by atomic mass is 10.0. The molecule has 0 bridgehead atoms. The van der Waals surface area contributed by atoms with E-state index >= 15 is 0 Å². The first-order chi connectivity index (χ1) is 15.7. The summed E-state index contributed by atoms with van der Waals surface area (Å²) >= 11 is 0. The van der Waals surface area contributed by atoms with Crippen LogP contribution in [0.15, 0.2) is 24.3 Å². The maximum atomic E-state index is 12.4. The van der Waals surface area contributed by atoms with E-state index in [1.807, 2.05) is 4.90 Å². The van der Waals surface area contributed by atoms with Gasteiger partial charge in [-0.1, -0.05) is 32.9 Å². The van der Waals surface area contributed by atoms with Gasteiger partial charge >= 0.3 is 6.03 Å². The number of urea groups is 1. The topological polar surface area (TPSA) is 95.7 Å². The van der Waals surface area contributed by atoms with Crippen molar-refractivity contribution in [3.05, 3.63) is 57.0 Å². The smallest absolute Gasteiger partial charge is 0.319 e. The molecule has 9 nitrogen and oxygen atoms in total. The first-order valence-electron chi connectivity index (χ1n) is 11.5. The molecule has 9 heteroatoms. The summed E-state index contributed by atoms with van der Waals surface area (Å²) < 4.78 is 0. The second-order valence-electron chi connectivity index (χ2n) is 9.09. The van der Waals surface area contributed by atoms with Gasteiger partial charge < -0.3 is 14.7 Å². The van der Waals surface area contributed by atoms with Crippen LogP contribution >= 0.6 is 0 Å². The molecule has 2 heterocycles. The van der Waals surface area contributed by atoms with Crippen molar-refractivity contribution in [2.45, 2.75) is 40.0 Å². The molecule has 1 aromatic heterocycles. The van der Waals surface area contributed by atoms with Crippen molar-refractivity contribution in [2.75, 3.05) is 45.2 Å². The minimum atomic E-state index is -0.384. The van der Waals surface area contributed by atoms with Crippen LogP contribution in [0.4, 0.5) is 16.3 Å². The lowest BCUT2D eigenvalue weighted by Crippen LogP contribution is -2.52. The highest BCUT2D eigenvalue weighted by Gasteiger charge is 2.26. The number of nitro benzene ring substituents is 1. The fourth-order valence-corrected chi connectivity index (χ4v) is 4.09. The number of rotatable bonds is 7. The molecule has 2 amide bonds. The molecule has 1 aliphatic rings. The molecule has 0 aliphatic carbocycles. The normalized spacial score (nSPS) is 14.0. The van der Waals surface area contributed by atoms with Crippen molar-refractivity contribution in [3.8, 4) is 0 Å². The number of hydrogen-bond donors (Lipinski definition) is 0. The molecule has 0 spiro atoms. The summed E-state index contributed by atoms with van der Waals surface area (Å²) in [6.07, 6.45) is 2.19. The predicted octanol–water partition coefficient (Wildman–Crippen LogP) is 3.54. The van der Waals surface area contributed by atoms with Gasteiger partial charge in [0.1, 0.15) is 11.6 Å². The molecule has 0 atom stereocenters. The third-order valence-electron chi connectivity index (χ3n) is 5.80. The fourth-order valence-electron chi connectivity index (χ4n) is 4.09. The zero-order chi connectivity index (χ0) is 24.1. The van der Waals surface area contributed by atoms with Gasteiger partial charge in [-0.25, -0.2) is 14.8 Å². The second kappa shape index (κ2) is 10.6. The second-order valence-corrected chi connectivity index (χ2v) is 9.09. The van der Waals surface area contributed by atoms with E-state index in [2.05, 4.69) is 25.7 Å². The number of piperazine rings is 1. The molecule has 0 unspecified atom stereocenters. The molecule has 33 heavy (non-hydrogen) atoms. The lowest BCUT2D eigenvalue weighted by molar-refractivity contribution is -0.384. The van der Waals surface area contributed by atoms with Crippen LogP contribution < -0.4 is 4.90 Å². The summed E-state index contributed by atoms with van der Waals surface area (Å²) in [7, 11) is 3.54. The summed E-state index contributed by atoms with van der Waals surface area (Å²) in [5.74, 6) is 2.21. The van der Waals surface area contributed by atoms with Gasteiger partial charge in [0.2, 0.25) is 0 Å². The third kappa shape index (κ3) is 5.97. The summed E-state index contributed by atoms with van der Waals surface area (Å²) in [6, 6.07) is 6.72. The molecule has 1 aliphatic heterocycles. The van der Waals surface area contributed by atoms with Gasteiger partial charge in [0, 0.05) is 76.5 Å². The van der Waals surface area contributed by atoms with E-state index in [1.54, 1.807) is 43.3 Å². The van der Waals surface area contributed by atoms with E-state index in [4.69, 9.17) is 9.97 Å². The summed E-state index contributed by atoms with van der Waals surface area (Å²) in [6.45, 7) is 9.09. The highest BCUT2D eigenvalue weighted by atomic mass is 16.6. The number of nitro groups is 1. The number of nitrogens with zero attached hydrogens (tertiary/aromatic N) is 6. The summed E-state index contributed by atoms with van der Waals surface area (Å²) in [5, 5.41) is 11.0. The van der Waals surface area contributed by atoms with Crippen LogP contribution in [0.1, 0.15) is 43.4 Å². The Balaban J connectivity index is 1.94. The molecular weight excluding hydrogens is 420 g/mol. The Morgan fingerprint density at radius 1 is 1.12 bits per heavy atom. The van der Waals surface area contributed by atoms with Gasteiger partial charge in [-0.15, -0.1) is 0 Å². The van der Waals surface area contributed by atoms with Crippen molar-refractivity contribution in [1.82, 2.24) is 19.8 Å². The molecule has 1 saturated heterocycles. The maximum Gasteiger partial charge on any atom is 0.319 e. The number of carbonyl (C=O) groups excluding carboxylic acids is 1. The molecule has 0 radical (unpaired) electrons. The highest BCUT2D eigenvalue weighted by Crippen LogP contribution is 2.27. The highest BCUT2D eigenvalue weighted by molar-refractivity contribution is 5.74. The van der Waals surface area contributed by atoms with E-state index < -0.39 is 0 Å². The van der Waals surface area contributed by atoms with Crippen LogP contribution in [-0.2, 0) is 19.3 Å². The first-order valence-corrected chi connectivity index (χ1v) is 11.5. The zero-order valence-corrected chi connectivity index (χ0v) is 20.2. The Labute approximate surface area is 195 Å². The Morgan fingerprint density at radius 2 is 1.76 bits per heavy atom. The number of non-ortho nitro benzene ring substituents is 1. The van der Waals surface area contributed by atoms with Crippen LogP contribution in [0.5, 0.6) is 0 Å². The van der Waals surface area contributed by atoms with Gasteiger partial charge in [-0.3, -0.25) is 10.1 Å². The Kier molecular flexibility index (Phi) is 7.84. The van der Waals surface area contributed by atoms with Crippen LogP contribution in [0, 0.1) is 16.0 Å². The molecule has 2 aromatic rings. The summed E-state index contributed by atoms with van der Waals surface area (Å²) in [5.41, 5.74) is 3.14. The van der Waals surface area contributed by atoms with Crippen LogP contribution in [0.2, 0.25) is 0 Å². The van der Waals surface area contributed by atoms with E-state index in [0.717, 1.165) is 41.3 Å². The van der Waals surface area contributed by atoms with Gasteiger partial charge in [0.25, 0.3) is 5.69 Å². The molecule has 178 valence electrons. The minimum absolute atomic E-state index is 0.0261. The van der Waals surface area contributed by atoms with Crippen LogP contribution in [-0.4, -0.2) is 71.0 Å². The number of aryl methyl sites for hydroxylation is 1. The quantitative estimate of drug-likeness (QED) is 0.469. The Hall–Kier alpha value is -3.23. The Bertz CT molecular complexity index is 982. The number of aromatic nitrogens is 2. The largest absolute Gasteiger partial charge is 0.353 e. The number of anilines is 1. The molecule has 3 rings (SSSR count). The first kappa shape index (κ1) is 24.4. The monoisotopic (exact) mass is 454 g/mol. The minimum Gasteiger partial charge on any atom is -0.353 e. The fraction of sp³-hybridized carbons (Fsp3) is 0.542. The van der Waals surface area contributed by atoms with E-state index in [-0.39, 0.29) is 16.6 Å². The van der Waals surface area contributed by atoms with E-state index in [0.29, 0.717) is 38.5 Å². The van der Waals surface area contributed by atoms with E-state index in [9.17, 15) is 14.9 Å². The molecule has 0 N–H and O–H groups in total. The standard InChI is InChI=1S/C24H34N6O3/c1-6-21-20(16-18-7-9-19(10-8-18)30(32)33)23(26-22(25-21)15-17(2)3)28-11-13-29(14-12-28)24(31)27(4)5/h7-10,17H,6,11-16H2,1-5H3. The average Bonchev–Trinajstić information content (AvgIpc) is 2.79. The average molecular weight is 455 g/mol. The number of carbonyl (C=O) groups is 1. The van der Waals surface area contributed by atoms with Gasteiger partial charge in [0.05, 0.1) is 4.92 Å². The van der Waals surface area contributed by atoms with E-state index in [1.165, 1.54) is 0 Å². The SMILES string of the molecule is CCc1nc(CC(C)C)nc(N2CCN(C(=O)N(C)C)CC2)c1Cc1ccc([N+](=O)[O-])cc1. The van der Waals surface area contributed by atoms with Gasteiger partial charge in [-0.05, 0) is 17.9 Å². The zero-order valence-electron chi connectivity index (χ0n) is 20.2. The lowest BCUT2D eigenvalue weighted by Gasteiger charge is -2.37. The number of amides is 2. The number of benzene rings is 1. The molecular formula is C24H34N6O3. The van der Waals surface area contributed by atoms with Crippen molar-refractivity contribution >= 4 is 17.5 Å². The predicted molar refractivity (Wildman–Crippen MR) is 129 cm³/mol. The van der Waals surface area contributed by atoms with Crippen molar-refractivity contribution < 1.29 is 9.72 Å². The number of hydrogen-bond acceptors (Lipinski definition) is 6. The summed E-state index contributed by atoms with van der Waals surface area (Å²) in [4.78, 5) is 38.6. The van der Waals surface area contributed by atoms with Crippen LogP contribution in [0.25, 0.3) is 0 Å². The maximum absolute atomic E-state index is 12.4. The van der Waals surface area contributed by atoms with Crippen molar-refractivity contribution in [1.29, 1.82) is 0 Å². The molecule has 1 fully saturated rings. The van der Waals surface area contributed by atoms with Gasteiger partial charge in [0.15, 0.2) is 0 Å². The van der Waals surface area contributed by atoms with Crippen molar-refractivity contribution in [3.63, 3.8) is 0 Å². The Morgan fingerprint density at radius 3 is 2.27 bits per heavy atom. The third-order valence-corrected chi connectivity index (χ3v) is 5.80. The van der Waals surface area contributed by atoms with Gasteiger partial charge in [-0.2, -0.15) is 0 Å².